The summed E-state index contributed by atoms with van der Waals surface area (Å²) in [6.45, 7) is 0. The summed E-state index contributed by atoms with van der Waals surface area (Å²) in [7, 11) is 1.63. The maximum absolute atomic E-state index is 12.9. The Morgan fingerprint density at radius 2 is 2.08 bits per heavy atom. The summed E-state index contributed by atoms with van der Waals surface area (Å²) in [4.78, 5) is 32.1. The minimum absolute atomic E-state index is 0.105. The van der Waals surface area contributed by atoms with Crippen LogP contribution in [0.3, 0.4) is 0 Å². The SMILES string of the molecule is CNc1nc(Br)c(F)cc1NC=O.O=c1[nH]c2cc(F)c[nH+]c2[nH]1. The van der Waals surface area contributed by atoms with Crippen molar-refractivity contribution in [3.8, 4) is 0 Å². The molecule has 1 amide bonds. The normalized spacial score (nSPS) is 10.0. The lowest BCUT2D eigenvalue weighted by Crippen LogP contribution is -2.05. The highest BCUT2D eigenvalue weighted by Gasteiger charge is 2.08. The van der Waals surface area contributed by atoms with Crippen LogP contribution in [0, 0.1) is 11.6 Å². The predicted octanol–water partition coefficient (Wildman–Crippen LogP) is 1.40. The number of aromatic amines is 3. The average molecular weight is 402 g/mol. The Morgan fingerprint density at radius 3 is 2.75 bits per heavy atom. The summed E-state index contributed by atoms with van der Waals surface area (Å²) in [6, 6.07) is 2.42. The molecule has 0 fully saturated rings. The Balaban J connectivity index is 0.000000175. The predicted molar refractivity (Wildman–Crippen MR) is 86.6 cm³/mol. The second-order valence-corrected chi connectivity index (χ2v) is 5.11. The Labute approximate surface area is 141 Å². The highest BCUT2D eigenvalue weighted by atomic mass is 79.9. The van der Waals surface area contributed by atoms with Crippen LogP contribution in [-0.4, -0.2) is 28.4 Å². The molecule has 0 saturated carbocycles. The number of nitrogens with one attached hydrogen (secondary N) is 5. The standard InChI is InChI=1S/C7H7BrFN3O.C6H4FN3O/c1-10-7-5(11-3-13)2-4(9)6(8)12-7;7-3-1-4-5(8-2-3)10-6(11)9-4/h2-3H,1H3,(H,10,12)(H,11,13);1-2H,(H2,8,9,10,11)/p+1. The number of anilines is 2. The smallest absolute Gasteiger partial charge is 0.371 e. The monoisotopic (exact) mass is 401 g/mol. The van der Waals surface area contributed by atoms with Gasteiger partial charge < -0.3 is 10.6 Å². The van der Waals surface area contributed by atoms with Crippen molar-refractivity contribution < 1.29 is 18.6 Å². The quantitative estimate of drug-likeness (QED) is 0.392. The van der Waals surface area contributed by atoms with Gasteiger partial charge >= 0.3 is 11.3 Å². The summed E-state index contributed by atoms with van der Waals surface area (Å²) in [5.74, 6) is -0.531. The van der Waals surface area contributed by atoms with Gasteiger partial charge in [0.1, 0.15) is 16.3 Å². The summed E-state index contributed by atoms with van der Waals surface area (Å²) < 4.78 is 25.5. The van der Waals surface area contributed by atoms with Crippen LogP contribution in [-0.2, 0) is 4.79 Å². The zero-order chi connectivity index (χ0) is 17.7. The maximum atomic E-state index is 12.9. The van der Waals surface area contributed by atoms with Crippen molar-refractivity contribution in [1.29, 1.82) is 0 Å². The van der Waals surface area contributed by atoms with Crippen LogP contribution in [0.2, 0.25) is 0 Å². The molecule has 0 aliphatic heterocycles. The number of halogens is 3. The van der Waals surface area contributed by atoms with Gasteiger partial charge in [0, 0.05) is 19.2 Å². The highest BCUT2D eigenvalue weighted by Crippen LogP contribution is 2.24. The summed E-state index contributed by atoms with van der Waals surface area (Å²) in [5.41, 5.74) is 0.895. The molecule has 3 rings (SSSR count). The minimum Gasteiger partial charge on any atom is -0.371 e. The molecule has 126 valence electrons. The van der Waals surface area contributed by atoms with E-state index in [-0.39, 0.29) is 10.3 Å². The van der Waals surface area contributed by atoms with Crippen molar-refractivity contribution in [2.24, 2.45) is 0 Å². The first kappa shape index (κ1) is 17.5. The van der Waals surface area contributed by atoms with Gasteiger partial charge in [0.25, 0.3) is 0 Å². The Morgan fingerprint density at radius 1 is 1.33 bits per heavy atom. The molecule has 0 saturated heterocycles. The molecule has 5 N–H and O–H groups in total. The molecule has 24 heavy (non-hydrogen) atoms. The number of carbonyl (C=O) groups excluding carboxylic acids is 1. The van der Waals surface area contributed by atoms with Gasteiger partial charge in [-0.15, -0.1) is 0 Å². The summed E-state index contributed by atoms with van der Waals surface area (Å²) in [6.07, 6.45) is 1.64. The Hall–Kier alpha value is -2.82. The molecule has 0 aromatic carbocycles. The number of hydrogen-bond acceptors (Lipinski definition) is 4. The number of hydrogen-bond donors (Lipinski definition) is 4. The molecule has 0 aliphatic carbocycles. The number of H-pyrrole nitrogens is 3. The molecule has 3 aromatic heterocycles. The number of aromatic nitrogens is 4. The Bertz CT molecular complexity index is 926. The fourth-order valence-corrected chi connectivity index (χ4v) is 2.06. The first-order chi connectivity index (χ1) is 11.4. The molecule has 8 nitrogen and oxygen atoms in total. The molecular weight excluding hydrogens is 390 g/mol. The topological polar surface area (TPSA) is 117 Å². The van der Waals surface area contributed by atoms with E-state index in [1.807, 2.05) is 0 Å². The molecule has 11 heteroatoms. The van der Waals surface area contributed by atoms with Crippen molar-refractivity contribution >= 4 is 45.0 Å². The first-order valence-electron chi connectivity index (χ1n) is 6.47. The van der Waals surface area contributed by atoms with E-state index in [0.29, 0.717) is 29.1 Å². The third-order valence-corrected chi connectivity index (χ3v) is 3.33. The third-order valence-electron chi connectivity index (χ3n) is 2.78. The van der Waals surface area contributed by atoms with E-state index >= 15 is 0 Å². The number of imidazole rings is 1. The lowest BCUT2D eigenvalue weighted by Gasteiger charge is -2.07. The molecule has 0 spiro atoms. The van der Waals surface area contributed by atoms with Gasteiger partial charge in [-0.25, -0.2) is 23.5 Å². The van der Waals surface area contributed by atoms with Gasteiger partial charge in [0.15, 0.2) is 17.5 Å². The van der Waals surface area contributed by atoms with E-state index in [1.54, 1.807) is 7.05 Å². The summed E-state index contributed by atoms with van der Waals surface area (Å²) >= 11 is 2.93. The summed E-state index contributed by atoms with van der Waals surface area (Å²) in [5, 5.41) is 5.05. The number of nitrogens with zero attached hydrogens (tertiary/aromatic N) is 1. The van der Waals surface area contributed by atoms with Crippen molar-refractivity contribution in [3.05, 3.63) is 45.1 Å². The lowest BCUT2D eigenvalue weighted by atomic mass is 10.4. The van der Waals surface area contributed by atoms with Gasteiger partial charge in [-0.1, -0.05) is 0 Å². The molecular formula is C13H12BrF2N6O2+. The average Bonchev–Trinajstić information content (AvgIpc) is 2.90. The lowest BCUT2D eigenvalue weighted by molar-refractivity contribution is -0.350. The van der Waals surface area contributed by atoms with Gasteiger partial charge in [0.2, 0.25) is 6.41 Å². The fraction of sp³-hybridized carbons (Fsp3) is 0.0769. The van der Waals surface area contributed by atoms with Gasteiger partial charge in [-0.2, -0.15) is 4.98 Å². The number of fused-ring (bicyclic) bond motifs is 1. The van der Waals surface area contributed by atoms with E-state index in [4.69, 9.17) is 0 Å². The fourth-order valence-electron chi connectivity index (χ4n) is 1.77. The second-order valence-electron chi connectivity index (χ2n) is 4.36. The third kappa shape index (κ3) is 4.13. The molecule has 3 aromatic rings. The van der Waals surface area contributed by atoms with Crippen LogP contribution >= 0.6 is 15.9 Å². The van der Waals surface area contributed by atoms with Gasteiger partial charge in [-0.3, -0.25) is 9.78 Å². The zero-order valence-electron chi connectivity index (χ0n) is 12.2. The van der Waals surface area contributed by atoms with Crippen LogP contribution < -0.4 is 21.3 Å². The molecule has 0 unspecified atom stereocenters. The van der Waals surface area contributed by atoms with Crippen molar-refractivity contribution in [3.63, 3.8) is 0 Å². The van der Waals surface area contributed by atoms with E-state index in [2.05, 4.69) is 46.5 Å². The molecule has 0 atom stereocenters. The van der Waals surface area contributed by atoms with Crippen LogP contribution in [0.15, 0.2) is 27.7 Å². The highest BCUT2D eigenvalue weighted by molar-refractivity contribution is 9.10. The minimum atomic E-state index is -0.525. The van der Waals surface area contributed by atoms with Crippen LogP contribution in [0.5, 0.6) is 0 Å². The maximum Gasteiger partial charge on any atom is 0.411 e. The van der Waals surface area contributed by atoms with E-state index < -0.39 is 11.6 Å². The Kier molecular flexibility index (Phi) is 5.58. The van der Waals surface area contributed by atoms with Gasteiger partial charge in [-0.05, 0) is 15.9 Å². The second kappa shape index (κ2) is 7.64. The molecule has 0 aliphatic rings. The molecule has 0 bridgehead atoms. The first-order valence-corrected chi connectivity index (χ1v) is 7.27. The molecule has 0 radical (unpaired) electrons. The van der Waals surface area contributed by atoms with Crippen LogP contribution in [0.1, 0.15) is 0 Å². The number of carbonyl (C=O) groups is 1. The van der Waals surface area contributed by atoms with E-state index in [1.165, 1.54) is 18.3 Å². The number of amides is 1. The number of pyridine rings is 2. The van der Waals surface area contributed by atoms with Crippen molar-refractivity contribution in [2.75, 3.05) is 17.7 Å². The van der Waals surface area contributed by atoms with Crippen molar-refractivity contribution in [2.45, 2.75) is 0 Å². The number of rotatable bonds is 3. The van der Waals surface area contributed by atoms with E-state index in [0.717, 1.165) is 0 Å². The molecule has 3 heterocycles. The van der Waals surface area contributed by atoms with Crippen LogP contribution in [0.25, 0.3) is 11.2 Å². The van der Waals surface area contributed by atoms with Crippen molar-refractivity contribution in [1.82, 2.24) is 15.0 Å². The zero-order valence-corrected chi connectivity index (χ0v) is 13.8. The van der Waals surface area contributed by atoms with Crippen LogP contribution in [0.4, 0.5) is 20.3 Å². The van der Waals surface area contributed by atoms with E-state index in [9.17, 15) is 18.4 Å². The van der Waals surface area contributed by atoms with Gasteiger partial charge in [0.05, 0.1) is 5.69 Å². The largest absolute Gasteiger partial charge is 0.411 e.